The Morgan fingerprint density at radius 3 is 2.61 bits per heavy atom. The number of imide groups is 2. The molecule has 0 radical (unpaired) electrons. The molecule has 0 bridgehead atoms. The molecule has 8 nitrogen and oxygen atoms in total. The van der Waals surface area contributed by atoms with Gasteiger partial charge in [0.1, 0.15) is 5.57 Å². The molecule has 4 amide bonds. The zero-order chi connectivity index (χ0) is 23.5. The number of ether oxygens (including phenoxy) is 2. The number of nitrogens with one attached hydrogen (secondary N) is 1. The summed E-state index contributed by atoms with van der Waals surface area (Å²) in [5, 5.41) is 2.26. The Balaban J connectivity index is 1.51. The van der Waals surface area contributed by atoms with Crippen LogP contribution < -0.4 is 24.6 Å². The van der Waals surface area contributed by atoms with Crippen molar-refractivity contribution in [2.45, 2.75) is 38.6 Å². The third-order valence-electron chi connectivity index (χ3n) is 6.68. The van der Waals surface area contributed by atoms with Crippen LogP contribution in [0.5, 0.6) is 11.5 Å². The topological polar surface area (TPSA) is 88.2 Å². The molecule has 1 N–H and O–H groups in total. The quantitative estimate of drug-likeness (QED) is 0.557. The normalized spacial score (nSPS) is 22.5. The van der Waals surface area contributed by atoms with Crippen LogP contribution in [-0.2, 0) is 9.59 Å². The van der Waals surface area contributed by atoms with Crippen molar-refractivity contribution in [3.8, 4) is 11.5 Å². The second-order valence-electron chi connectivity index (χ2n) is 9.29. The highest BCUT2D eigenvalue weighted by molar-refractivity contribution is 6.39. The Labute approximate surface area is 191 Å². The van der Waals surface area contributed by atoms with E-state index in [0.29, 0.717) is 23.1 Å². The smallest absolute Gasteiger partial charge is 0.335 e. The summed E-state index contributed by atoms with van der Waals surface area (Å²) in [6.45, 7) is 6.69. The summed E-state index contributed by atoms with van der Waals surface area (Å²) in [6, 6.07) is 9.87. The second-order valence-corrected chi connectivity index (χ2v) is 9.29. The molecular formula is C25H25N3O5. The predicted octanol–water partition coefficient (Wildman–Crippen LogP) is 3.80. The molecule has 5 rings (SSSR count). The number of anilines is 2. The van der Waals surface area contributed by atoms with Crippen molar-refractivity contribution in [2.75, 3.05) is 23.6 Å². The van der Waals surface area contributed by atoms with E-state index in [0.717, 1.165) is 22.6 Å². The molecule has 0 aliphatic carbocycles. The van der Waals surface area contributed by atoms with Crippen molar-refractivity contribution in [2.24, 2.45) is 0 Å². The number of amides is 4. The van der Waals surface area contributed by atoms with Gasteiger partial charge in [0.25, 0.3) is 11.8 Å². The van der Waals surface area contributed by atoms with Crippen LogP contribution in [0.2, 0.25) is 0 Å². The van der Waals surface area contributed by atoms with Crippen LogP contribution in [0.15, 0.2) is 42.0 Å². The minimum absolute atomic E-state index is 0.0388. The van der Waals surface area contributed by atoms with Gasteiger partial charge in [-0.25, -0.2) is 9.69 Å². The molecule has 170 valence electrons. The van der Waals surface area contributed by atoms with Crippen molar-refractivity contribution in [1.82, 2.24) is 5.32 Å². The Bertz CT molecular complexity index is 1230. The summed E-state index contributed by atoms with van der Waals surface area (Å²) in [6.07, 6.45) is 2.53. The van der Waals surface area contributed by atoms with E-state index in [1.165, 1.54) is 11.6 Å². The molecule has 1 fully saturated rings. The highest BCUT2D eigenvalue weighted by Crippen LogP contribution is 2.43. The van der Waals surface area contributed by atoms with Crippen LogP contribution in [0, 0.1) is 0 Å². The van der Waals surface area contributed by atoms with Crippen molar-refractivity contribution in [3.05, 3.63) is 53.1 Å². The summed E-state index contributed by atoms with van der Waals surface area (Å²) >= 11 is 0. The average Bonchev–Trinajstić information content (AvgIpc) is 3.23. The molecular weight excluding hydrogens is 422 g/mol. The number of nitrogens with zero attached hydrogens (tertiary/aromatic N) is 2. The third kappa shape index (κ3) is 3.42. The molecule has 0 saturated carbocycles. The standard InChI is InChI=1S/C25H25N3O5/c1-14-12-25(2,3)27(4)19-7-5-15(9-17(14)19)10-18-22(29)26-24(31)28(23(18)30)16-6-8-20-21(11-16)33-13-32-20/h5-11,14H,12-13H2,1-4H3,(H,26,29,31)/b18-10+/t14-/m1/s1. The lowest BCUT2D eigenvalue weighted by Gasteiger charge is -2.45. The maximum atomic E-state index is 13.2. The van der Waals surface area contributed by atoms with Gasteiger partial charge in [0.2, 0.25) is 6.79 Å². The number of fused-ring (bicyclic) bond motifs is 2. The summed E-state index contributed by atoms with van der Waals surface area (Å²) in [5.74, 6) is -0.108. The zero-order valence-electron chi connectivity index (χ0n) is 19.0. The Morgan fingerprint density at radius 2 is 1.82 bits per heavy atom. The van der Waals surface area contributed by atoms with Crippen molar-refractivity contribution in [3.63, 3.8) is 0 Å². The first-order valence-corrected chi connectivity index (χ1v) is 10.8. The molecule has 1 saturated heterocycles. The van der Waals surface area contributed by atoms with Crippen LogP contribution >= 0.6 is 0 Å². The van der Waals surface area contributed by atoms with Gasteiger partial charge in [-0.3, -0.25) is 14.9 Å². The number of carbonyl (C=O) groups is 3. The lowest BCUT2D eigenvalue weighted by Crippen LogP contribution is -2.54. The summed E-state index contributed by atoms with van der Waals surface area (Å²) < 4.78 is 10.6. The van der Waals surface area contributed by atoms with Gasteiger partial charge in [-0.2, -0.15) is 0 Å². The number of barbiturate groups is 1. The van der Waals surface area contributed by atoms with E-state index in [1.807, 2.05) is 18.2 Å². The largest absolute Gasteiger partial charge is 0.454 e. The minimum atomic E-state index is -0.802. The Morgan fingerprint density at radius 1 is 1.06 bits per heavy atom. The summed E-state index contributed by atoms with van der Waals surface area (Å²) in [4.78, 5) is 41.5. The molecule has 0 spiro atoms. The van der Waals surface area contributed by atoms with Gasteiger partial charge in [0, 0.05) is 24.3 Å². The van der Waals surface area contributed by atoms with Gasteiger partial charge in [-0.1, -0.05) is 13.0 Å². The molecule has 1 atom stereocenters. The summed E-state index contributed by atoms with van der Waals surface area (Å²) in [7, 11) is 2.08. The van der Waals surface area contributed by atoms with E-state index in [2.05, 4.69) is 38.0 Å². The van der Waals surface area contributed by atoms with E-state index in [1.54, 1.807) is 18.2 Å². The van der Waals surface area contributed by atoms with Crippen molar-refractivity contribution in [1.29, 1.82) is 0 Å². The molecule has 33 heavy (non-hydrogen) atoms. The number of benzene rings is 2. The van der Waals surface area contributed by atoms with Gasteiger partial charge < -0.3 is 14.4 Å². The Kier molecular flexibility index (Phi) is 4.70. The molecule has 0 aromatic heterocycles. The highest BCUT2D eigenvalue weighted by Gasteiger charge is 2.38. The zero-order valence-corrected chi connectivity index (χ0v) is 19.0. The van der Waals surface area contributed by atoms with E-state index in [9.17, 15) is 14.4 Å². The maximum absolute atomic E-state index is 13.2. The fourth-order valence-corrected chi connectivity index (χ4v) is 4.77. The molecule has 3 aliphatic heterocycles. The SMILES string of the molecule is C[C@@H]1CC(C)(C)N(C)c2ccc(/C=C3\C(=O)NC(=O)N(c4ccc5c(c4)OCO5)C3=O)cc21. The lowest BCUT2D eigenvalue weighted by molar-refractivity contribution is -0.122. The van der Waals surface area contributed by atoms with Crippen LogP contribution in [0.4, 0.5) is 16.2 Å². The van der Waals surface area contributed by atoms with Crippen molar-refractivity contribution < 1.29 is 23.9 Å². The monoisotopic (exact) mass is 447 g/mol. The van der Waals surface area contributed by atoms with Crippen LogP contribution in [0.3, 0.4) is 0 Å². The first kappa shape index (κ1) is 21.1. The molecule has 2 aromatic carbocycles. The van der Waals surface area contributed by atoms with E-state index < -0.39 is 17.8 Å². The van der Waals surface area contributed by atoms with Gasteiger partial charge in [0.05, 0.1) is 5.69 Å². The molecule has 3 aliphatic rings. The molecule has 3 heterocycles. The first-order valence-electron chi connectivity index (χ1n) is 10.8. The summed E-state index contributed by atoms with van der Waals surface area (Å²) in [5.41, 5.74) is 3.26. The van der Waals surface area contributed by atoms with E-state index in [4.69, 9.17) is 9.47 Å². The molecule has 2 aromatic rings. The average molecular weight is 447 g/mol. The van der Waals surface area contributed by atoms with Gasteiger partial charge in [-0.15, -0.1) is 0 Å². The highest BCUT2D eigenvalue weighted by atomic mass is 16.7. The Hall–Kier alpha value is -3.81. The van der Waals surface area contributed by atoms with Crippen LogP contribution in [0.1, 0.15) is 44.2 Å². The second kappa shape index (κ2) is 7.37. The van der Waals surface area contributed by atoms with Gasteiger partial charge in [0.15, 0.2) is 11.5 Å². The van der Waals surface area contributed by atoms with Gasteiger partial charge in [-0.05, 0) is 67.7 Å². The number of hydrogen-bond acceptors (Lipinski definition) is 6. The number of carbonyl (C=O) groups excluding carboxylic acids is 3. The van der Waals surface area contributed by atoms with Crippen molar-refractivity contribution >= 4 is 35.3 Å². The third-order valence-corrected chi connectivity index (χ3v) is 6.68. The van der Waals surface area contributed by atoms with E-state index in [-0.39, 0.29) is 17.9 Å². The predicted molar refractivity (Wildman–Crippen MR) is 124 cm³/mol. The van der Waals surface area contributed by atoms with Gasteiger partial charge >= 0.3 is 6.03 Å². The minimum Gasteiger partial charge on any atom is -0.454 e. The first-order chi connectivity index (χ1) is 15.7. The molecule has 8 heteroatoms. The fourth-order valence-electron chi connectivity index (χ4n) is 4.77. The maximum Gasteiger partial charge on any atom is 0.335 e. The number of hydrogen-bond donors (Lipinski definition) is 1. The number of rotatable bonds is 2. The number of urea groups is 1. The fraction of sp³-hybridized carbons (Fsp3) is 0.320. The molecule has 0 unspecified atom stereocenters. The van der Waals surface area contributed by atoms with E-state index >= 15 is 0 Å². The van der Waals surface area contributed by atoms with Crippen LogP contribution in [0.25, 0.3) is 6.08 Å². The van der Waals surface area contributed by atoms with Crippen LogP contribution in [-0.4, -0.2) is 37.2 Å². The lowest BCUT2D eigenvalue weighted by atomic mass is 9.80.